The molecule has 16 heavy (non-hydrogen) atoms. The lowest BCUT2D eigenvalue weighted by molar-refractivity contribution is 0.292. The molecule has 0 bridgehead atoms. The summed E-state index contributed by atoms with van der Waals surface area (Å²) in [6, 6.07) is 12.8. The van der Waals surface area contributed by atoms with Gasteiger partial charge >= 0.3 is 0 Å². The summed E-state index contributed by atoms with van der Waals surface area (Å²) in [5.74, 6) is 0.126. The number of hydrogen-bond donors (Lipinski definition) is 0. The number of para-hydroxylation sites is 1. The summed E-state index contributed by atoms with van der Waals surface area (Å²) in [6.45, 7) is 5.40. The van der Waals surface area contributed by atoms with E-state index < -0.39 is 0 Å². The first kappa shape index (κ1) is 11.0. The van der Waals surface area contributed by atoms with Gasteiger partial charge in [-0.05, 0) is 38.8 Å². The largest absolute Gasteiger partial charge is 0.365 e. The number of anilines is 1. The fourth-order valence-corrected chi connectivity index (χ4v) is 2.58. The second-order valence-electron chi connectivity index (χ2n) is 4.96. The first-order valence-electron chi connectivity index (χ1n) is 5.88. The average molecular weight is 214 g/mol. The minimum atomic E-state index is -0.0612. The molecular weight excluding hydrogens is 196 g/mol. The maximum atomic E-state index is 9.21. The molecule has 0 radical (unpaired) electrons. The third-order valence-electron chi connectivity index (χ3n) is 3.65. The highest BCUT2D eigenvalue weighted by atomic mass is 15.2. The Morgan fingerprint density at radius 1 is 1.31 bits per heavy atom. The minimum Gasteiger partial charge on any atom is -0.365 e. The normalized spacial score (nSPS) is 23.8. The van der Waals surface area contributed by atoms with Crippen LogP contribution >= 0.6 is 0 Å². The van der Waals surface area contributed by atoms with E-state index in [1.165, 1.54) is 5.69 Å². The van der Waals surface area contributed by atoms with Gasteiger partial charge in [-0.1, -0.05) is 18.2 Å². The monoisotopic (exact) mass is 214 g/mol. The van der Waals surface area contributed by atoms with Crippen molar-refractivity contribution in [3.63, 3.8) is 0 Å². The quantitative estimate of drug-likeness (QED) is 0.717. The second kappa shape index (κ2) is 4.17. The highest BCUT2D eigenvalue weighted by Gasteiger charge is 2.38. The molecule has 0 aliphatic carbocycles. The van der Waals surface area contributed by atoms with Crippen LogP contribution in [0.25, 0.3) is 0 Å². The SMILES string of the molecule is CC1(C)C(C#N)CCCN1c1ccccc1. The summed E-state index contributed by atoms with van der Waals surface area (Å²) >= 11 is 0. The van der Waals surface area contributed by atoms with Gasteiger partial charge in [0.05, 0.1) is 17.5 Å². The van der Waals surface area contributed by atoms with Crippen molar-refractivity contribution in [1.29, 1.82) is 5.26 Å². The Hall–Kier alpha value is -1.49. The standard InChI is InChI=1S/C14H18N2/c1-14(2)12(11-15)7-6-10-16(14)13-8-4-3-5-9-13/h3-5,8-9,12H,6-7,10H2,1-2H3. The Morgan fingerprint density at radius 2 is 2.00 bits per heavy atom. The second-order valence-corrected chi connectivity index (χ2v) is 4.96. The number of nitrogens with zero attached hydrogens (tertiary/aromatic N) is 2. The van der Waals surface area contributed by atoms with E-state index in [2.05, 4.69) is 49.1 Å². The van der Waals surface area contributed by atoms with Gasteiger partial charge in [0.15, 0.2) is 0 Å². The van der Waals surface area contributed by atoms with E-state index in [1.54, 1.807) is 0 Å². The van der Waals surface area contributed by atoms with Crippen LogP contribution in [0.1, 0.15) is 26.7 Å². The average Bonchev–Trinajstić information content (AvgIpc) is 2.29. The number of nitriles is 1. The highest BCUT2D eigenvalue weighted by Crippen LogP contribution is 2.36. The van der Waals surface area contributed by atoms with Crippen molar-refractivity contribution in [2.24, 2.45) is 5.92 Å². The van der Waals surface area contributed by atoms with Crippen molar-refractivity contribution in [2.75, 3.05) is 11.4 Å². The Bertz CT molecular complexity index is 389. The molecule has 2 rings (SSSR count). The molecule has 1 heterocycles. The summed E-state index contributed by atoms with van der Waals surface area (Å²) in [4.78, 5) is 2.37. The first-order chi connectivity index (χ1) is 7.66. The van der Waals surface area contributed by atoms with E-state index >= 15 is 0 Å². The number of hydrogen-bond acceptors (Lipinski definition) is 2. The van der Waals surface area contributed by atoms with Gasteiger partial charge in [-0.2, -0.15) is 5.26 Å². The molecular formula is C14H18N2. The van der Waals surface area contributed by atoms with Crippen molar-refractivity contribution in [3.05, 3.63) is 30.3 Å². The summed E-state index contributed by atoms with van der Waals surface area (Å²) in [6.07, 6.45) is 2.13. The van der Waals surface area contributed by atoms with E-state index in [1.807, 2.05) is 6.07 Å². The summed E-state index contributed by atoms with van der Waals surface area (Å²) in [5, 5.41) is 9.21. The Balaban J connectivity index is 2.31. The van der Waals surface area contributed by atoms with E-state index in [0.29, 0.717) is 0 Å². The first-order valence-corrected chi connectivity index (χ1v) is 5.88. The van der Waals surface area contributed by atoms with Crippen LogP contribution in [0.4, 0.5) is 5.69 Å². The van der Waals surface area contributed by atoms with Crippen molar-refractivity contribution < 1.29 is 0 Å². The molecule has 1 aromatic carbocycles. The molecule has 1 fully saturated rings. The molecule has 0 aromatic heterocycles. The molecule has 1 unspecified atom stereocenters. The fraction of sp³-hybridized carbons (Fsp3) is 0.500. The van der Waals surface area contributed by atoms with Crippen LogP contribution in [0.2, 0.25) is 0 Å². The topological polar surface area (TPSA) is 27.0 Å². The molecule has 0 N–H and O–H groups in total. The van der Waals surface area contributed by atoms with Crippen molar-refractivity contribution in [1.82, 2.24) is 0 Å². The van der Waals surface area contributed by atoms with Crippen molar-refractivity contribution >= 4 is 5.69 Å². The van der Waals surface area contributed by atoms with Gasteiger partial charge in [-0.25, -0.2) is 0 Å². The van der Waals surface area contributed by atoms with Crippen LogP contribution in [-0.2, 0) is 0 Å². The van der Waals surface area contributed by atoms with Crippen LogP contribution in [0, 0.1) is 17.2 Å². The third-order valence-corrected chi connectivity index (χ3v) is 3.65. The molecule has 1 atom stereocenters. The van der Waals surface area contributed by atoms with Crippen molar-refractivity contribution in [2.45, 2.75) is 32.2 Å². The molecule has 0 saturated carbocycles. The van der Waals surface area contributed by atoms with Crippen LogP contribution in [0.5, 0.6) is 0 Å². The molecule has 1 saturated heterocycles. The Labute approximate surface area is 97.5 Å². The van der Waals surface area contributed by atoms with Crippen LogP contribution in [0.3, 0.4) is 0 Å². The van der Waals surface area contributed by atoms with Gasteiger partial charge in [0.2, 0.25) is 0 Å². The zero-order valence-electron chi connectivity index (χ0n) is 9.98. The lowest BCUT2D eigenvalue weighted by Crippen LogP contribution is -2.53. The molecule has 2 heteroatoms. The smallest absolute Gasteiger partial charge is 0.0690 e. The molecule has 0 spiro atoms. The van der Waals surface area contributed by atoms with E-state index in [-0.39, 0.29) is 11.5 Å². The maximum Gasteiger partial charge on any atom is 0.0690 e. The van der Waals surface area contributed by atoms with Crippen LogP contribution in [-0.4, -0.2) is 12.1 Å². The van der Waals surface area contributed by atoms with E-state index in [0.717, 1.165) is 19.4 Å². The van der Waals surface area contributed by atoms with Gasteiger partial charge in [0.25, 0.3) is 0 Å². The maximum absolute atomic E-state index is 9.21. The van der Waals surface area contributed by atoms with Gasteiger partial charge in [0, 0.05) is 12.2 Å². The zero-order chi connectivity index (χ0) is 11.6. The van der Waals surface area contributed by atoms with E-state index in [9.17, 15) is 5.26 Å². The fourth-order valence-electron chi connectivity index (χ4n) is 2.58. The molecule has 84 valence electrons. The van der Waals surface area contributed by atoms with Gasteiger partial charge in [-0.15, -0.1) is 0 Å². The van der Waals surface area contributed by atoms with E-state index in [4.69, 9.17) is 0 Å². The lowest BCUT2D eigenvalue weighted by atomic mass is 9.79. The third kappa shape index (κ3) is 1.78. The molecule has 2 nitrogen and oxygen atoms in total. The van der Waals surface area contributed by atoms with Gasteiger partial charge in [-0.3, -0.25) is 0 Å². The summed E-state index contributed by atoms with van der Waals surface area (Å²) in [5.41, 5.74) is 1.17. The van der Waals surface area contributed by atoms with Gasteiger partial charge in [0.1, 0.15) is 0 Å². The predicted molar refractivity (Wildman–Crippen MR) is 66.2 cm³/mol. The molecule has 0 amide bonds. The highest BCUT2D eigenvalue weighted by molar-refractivity contribution is 5.49. The van der Waals surface area contributed by atoms with Crippen molar-refractivity contribution in [3.8, 4) is 6.07 Å². The Morgan fingerprint density at radius 3 is 2.62 bits per heavy atom. The summed E-state index contributed by atoms with van der Waals surface area (Å²) in [7, 11) is 0. The molecule has 1 aromatic rings. The number of piperidine rings is 1. The van der Waals surface area contributed by atoms with Crippen LogP contribution in [0.15, 0.2) is 30.3 Å². The minimum absolute atomic E-state index is 0.0612. The summed E-state index contributed by atoms with van der Waals surface area (Å²) < 4.78 is 0. The predicted octanol–water partition coefficient (Wildman–Crippen LogP) is 3.21. The van der Waals surface area contributed by atoms with Crippen LogP contribution < -0.4 is 4.90 Å². The Kier molecular flexibility index (Phi) is 2.87. The number of benzene rings is 1. The molecule has 1 aliphatic heterocycles. The zero-order valence-corrected chi connectivity index (χ0v) is 9.98. The molecule has 1 aliphatic rings. The number of rotatable bonds is 1. The van der Waals surface area contributed by atoms with Gasteiger partial charge < -0.3 is 4.90 Å². The lowest BCUT2D eigenvalue weighted by Gasteiger charge is -2.47.